The normalized spacial score (nSPS) is 22.6. The number of amides is 1. The molecule has 1 amide bonds. The summed E-state index contributed by atoms with van der Waals surface area (Å²) in [5.41, 5.74) is 1.86. The average molecular weight is 659 g/mol. The van der Waals surface area contributed by atoms with Crippen LogP contribution in [0.25, 0.3) is 22.0 Å². The number of alkyl halides is 2. The van der Waals surface area contributed by atoms with Crippen molar-refractivity contribution in [3.63, 3.8) is 0 Å². The van der Waals surface area contributed by atoms with Gasteiger partial charge in [-0.15, -0.1) is 11.8 Å². The summed E-state index contributed by atoms with van der Waals surface area (Å²) in [5.74, 6) is -0.472. The van der Waals surface area contributed by atoms with E-state index in [2.05, 4.69) is 21.4 Å². The van der Waals surface area contributed by atoms with Crippen LogP contribution in [0.4, 0.5) is 23.4 Å². The molecule has 1 aromatic heterocycles. The van der Waals surface area contributed by atoms with Crippen molar-refractivity contribution in [1.29, 1.82) is 0 Å². The maximum Gasteiger partial charge on any atom is 0.350 e. The number of benzene rings is 2. The van der Waals surface area contributed by atoms with Gasteiger partial charge >= 0.3 is 5.69 Å². The van der Waals surface area contributed by atoms with Crippen LogP contribution in [-0.4, -0.2) is 107 Å². The van der Waals surface area contributed by atoms with Crippen molar-refractivity contribution in [3.05, 3.63) is 64.6 Å². The number of rotatable bonds is 7. The molecule has 0 saturated carbocycles. The van der Waals surface area contributed by atoms with Crippen molar-refractivity contribution in [2.45, 2.75) is 50.2 Å². The summed E-state index contributed by atoms with van der Waals surface area (Å²) in [6, 6.07) is 4.89. The molecule has 46 heavy (non-hydrogen) atoms. The van der Waals surface area contributed by atoms with E-state index in [1.807, 2.05) is 26.8 Å². The van der Waals surface area contributed by atoms with Crippen molar-refractivity contribution >= 4 is 34.4 Å². The number of hydrogen-bond donors (Lipinski definition) is 0. The second-order valence-corrected chi connectivity index (χ2v) is 13.5. The number of hydrogen-bond acceptors (Lipinski definition) is 7. The van der Waals surface area contributed by atoms with Crippen LogP contribution in [0.5, 0.6) is 0 Å². The lowest BCUT2D eigenvalue weighted by Crippen LogP contribution is -2.58. The van der Waals surface area contributed by atoms with Gasteiger partial charge in [-0.1, -0.05) is 6.58 Å². The number of carbonyl (C=O) groups excluding carboxylic acids is 1. The zero-order valence-corrected chi connectivity index (χ0v) is 27.0. The van der Waals surface area contributed by atoms with E-state index < -0.39 is 23.7 Å². The third-order valence-electron chi connectivity index (χ3n) is 9.37. The topological polar surface area (TPSA) is 64.9 Å². The summed E-state index contributed by atoms with van der Waals surface area (Å²) >= 11 is 1.54. The number of nitrogens with zero attached hydrogens (tertiary/aromatic N) is 6. The second kappa shape index (κ2) is 13.0. The lowest BCUT2D eigenvalue weighted by atomic mass is 9.96. The van der Waals surface area contributed by atoms with Crippen LogP contribution in [0.2, 0.25) is 0 Å². The van der Waals surface area contributed by atoms with Crippen LogP contribution in [0.1, 0.15) is 25.5 Å². The number of aryl methyl sites for hydroxylation is 1. The molecule has 0 aliphatic carbocycles. The molecule has 8 nitrogen and oxygen atoms in total. The van der Waals surface area contributed by atoms with Crippen LogP contribution < -0.4 is 10.6 Å². The third-order valence-corrected chi connectivity index (χ3v) is 10.6. The SMILES string of the molecule is C=CC(=O)N1C[C@H](C)N(c2nc(=O)n3c4c(c(-c5ccc(F)cc5F)c(C)cc24)SC[C@@H]3CN2CCN(CC(F)F)CC2)C[C@H]1C. The van der Waals surface area contributed by atoms with Crippen LogP contribution in [-0.2, 0) is 4.79 Å². The van der Waals surface area contributed by atoms with Gasteiger partial charge in [-0.2, -0.15) is 4.98 Å². The van der Waals surface area contributed by atoms with E-state index in [0.717, 1.165) is 21.9 Å². The number of halogens is 4. The minimum Gasteiger partial charge on any atom is -0.349 e. The van der Waals surface area contributed by atoms with E-state index in [1.165, 1.54) is 18.2 Å². The summed E-state index contributed by atoms with van der Waals surface area (Å²) in [6.45, 7) is 12.9. The fraction of sp³-hybridized carbons (Fsp3) is 0.485. The summed E-state index contributed by atoms with van der Waals surface area (Å²) in [7, 11) is 0. The molecule has 4 heterocycles. The zero-order chi connectivity index (χ0) is 32.9. The largest absolute Gasteiger partial charge is 0.350 e. The van der Waals surface area contributed by atoms with Gasteiger partial charge in [0, 0.05) is 91.1 Å². The molecule has 0 N–H and O–H groups in total. The van der Waals surface area contributed by atoms with Gasteiger partial charge in [-0.05, 0) is 50.6 Å². The molecule has 0 unspecified atom stereocenters. The minimum atomic E-state index is -2.38. The molecule has 3 atom stereocenters. The highest BCUT2D eigenvalue weighted by molar-refractivity contribution is 7.99. The van der Waals surface area contributed by atoms with Crippen molar-refractivity contribution < 1.29 is 22.4 Å². The minimum absolute atomic E-state index is 0.153. The predicted molar refractivity (Wildman–Crippen MR) is 173 cm³/mol. The maximum atomic E-state index is 15.3. The molecule has 2 aromatic carbocycles. The summed E-state index contributed by atoms with van der Waals surface area (Å²) in [4.78, 5) is 39.8. The fourth-order valence-electron chi connectivity index (χ4n) is 7.09. The van der Waals surface area contributed by atoms with Gasteiger partial charge < -0.3 is 9.80 Å². The molecule has 246 valence electrons. The first-order valence-corrected chi connectivity index (χ1v) is 16.6. The van der Waals surface area contributed by atoms with Gasteiger partial charge in [0.05, 0.1) is 18.1 Å². The molecule has 2 fully saturated rings. The van der Waals surface area contributed by atoms with Crippen molar-refractivity contribution in [2.75, 3.05) is 63.0 Å². The second-order valence-electron chi connectivity index (χ2n) is 12.5. The third kappa shape index (κ3) is 6.04. The molecule has 3 aromatic rings. The number of anilines is 1. The Balaban J connectivity index is 1.46. The molecule has 3 aliphatic rings. The Morgan fingerprint density at radius 2 is 1.80 bits per heavy atom. The van der Waals surface area contributed by atoms with Crippen molar-refractivity contribution in [1.82, 2.24) is 24.3 Å². The molecule has 0 spiro atoms. The number of carbonyl (C=O) groups is 1. The highest BCUT2D eigenvalue weighted by Crippen LogP contribution is 2.46. The van der Waals surface area contributed by atoms with Gasteiger partial charge in [0.25, 0.3) is 6.43 Å². The summed E-state index contributed by atoms with van der Waals surface area (Å²) < 4.78 is 56.8. The van der Waals surface area contributed by atoms with Crippen LogP contribution in [0, 0.1) is 18.6 Å². The quantitative estimate of drug-likeness (QED) is 0.267. The first kappa shape index (κ1) is 32.5. The lowest BCUT2D eigenvalue weighted by molar-refractivity contribution is -0.128. The van der Waals surface area contributed by atoms with E-state index in [0.29, 0.717) is 68.5 Å². The van der Waals surface area contributed by atoms with Gasteiger partial charge in [-0.3, -0.25) is 19.2 Å². The average Bonchev–Trinajstić information content (AvgIpc) is 3.01. The molecule has 0 bridgehead atoms. The molecule has 2 saturated heterocycles. The predicted octanol–water partition coefficient (Wildman–Crippen LogP) is 4.79. The van der Waals surface area contributed by atoms with Gasteiger partial charge in [-0.25, -0.2) is 22.4 Å². The number of aromatic nitrogens is 2. The van der Waals surface area contributed by atoms with Crippen LogP contribution in [0.15, 0.2) is 46.6 Å². The van der Waals surface area contributed by atoms with E-state index in [9.17, 15) is 22.8 Å². The fourth-order valence-corrected chi connectivity index (χ4v) is 8.47. The number of piperazine rings is 2. The van der Waals surface area contributed by atoms with Gasteiger partial charge in [0.1, 0.15) is 17.5 Å². The standard InChI is InChI=1S/C33H38F4N6O2S/c1-5-28(44)41-14-21(4)42(15-20(41)3)32-25-12-19(2)29(24-7-6-22(34)13-26(24)35)31-30(25)43(33(45)38-32)23(18-46-31)16-39-8-10-40(11-9-39)17-27(36)37/h5-7,12-13,20-21,23,27H,1,8-11,14-18H2,2-4H3/t20-,21+,23+/m1/s1. The molecule has 0 radical (unpaired) electrons. The number of thioether (sulfide) groups is 1. The van der Waals surface area contributed by atoms with E-state index in [1.54, 1.807) is 26.1 Å². The maximum absolute atomic E-state index is 15.3. The van der Waals surface area contributed by atoms with Crippen LogP contribution >= 0.6 is 11.8 Å². The Kier molecular flexibility index (Phi) is 9.19. The molecular formula is C33H38F4N6O2S. The van der Waals surface area contributed by atoms with E-state index >= 15 is 4.39 Å². The van der Waals surface area contributed by atoms with Gasteiger partial charge in [0.2, 0.25) is 5.91 Å². The molecule has 13 heteroatoms. The summed E-state index contributed by atoms with van der Waals surface area (Å²) in [5, 5.41) is 0.750. The zero-order valence-electron chi connectivity index (χ0n) is 26.2. The Hall–Kier alpha value is -3.42. The molecular weight excluding hydrogens is 620 g/mol. The summed E-state index contributed by atoms with van der Waals surface area (Å²) in [6.07, 6.45) is -1.07. The Morgan fingerprint density at radius 1 is 1.09 bits per heavy atom. The van der Waals surface area contributed by atoms with Crippen LogP contribution in [0.3, 0.4) is 0 Å². The Labute approximate surface area is 269 Å². The monoisotopic (exact) mass is 658 g/mol. The van der Waals surface area contributed by atoms with E-state index in [-0.39, 0.29) is 36.1 Å². The first-order valence-electron chi connectivity index (χ1n) is 15.6. The molecule has 6 rings (SSSR count). The van der Waals surface area contributed by atoms with Gasteiger partial charge in [0.15, 0.2) is 0 Å². The molecule has 3 aliphatic heterocycles. The smallest absolute Gasteiger partial charge is 0.349 e. The highest BCUT2D eigenvalue weighted by atomic mass is 32.2. The Bertz CT molecular complexity index is 1730. The van der Waals surface area contributed by atoms with Crippen molar-refractivity contribution in [2.24, 2.45) is 0 Å². The lowest BCUT2D eigenvalue weighted by Gasteiger charge is -2.45. The van der Waals surface area contributed by atoms with E-state index in [4.69, 9.17) is 0 Å². The Morgan fingerprint density at radius 3 is 2.48 bits per heavy atom. The first-order chi connectivity index (χ1) is 22.0. The highest BCUT2D eigenvalue weighted by Gasteiger charge is 2.36. The van der Waals surface area contributed by atoms with Crippen molar-refractivity contribution in [3.8, 4) is 11.1 Å².